The van der Waals surface area contributed by atoms with E-state index in [-0.39, 0.29) is 30.7 Å². The third-order valence-corrected chi connectivity index (χ3v) is 12.6. The molecule has 2 unspecified atom stereocenters. The highest BCUT2D eigenvalue weighted by Crippen LogP contribution is 2.25. The Hall–Kier alpha value is -6.82. The van der Waals surface area contributed by atoms with Gasteiger partial charge in [-0.25, -0.2) is 8.78 Å². The average Bonchev–Trinajstić information content (AvgIpc) is 3.70. The number of nitrogens with one attached hydrogen (secondary N) is 3. The van der Waals surface area contributed by atoms with E-state index in [9.17, 15) is 56.7 Å². The fraction of sp³-hybridized carbons (Fsp3) is 0.636. The molecule has 442 valence electrons. The van der Waals surface area contributed by atoms with E-state index < -0.39 is 126 Å². The van der Waals surface area contributed by atoms with E-state index in [1.807, 2.05) is 27.7 Å². The van der Waals surface area contributed by atoms with Crippen molar-refractivity contribution in [1.29, 1.82) is 0 Å². The second-order valence-corrected chi connectivity index (χ2v) is 19.2. The lowest BCUT2D eigenvalue weighted by Gasteiger charge is -2.34. The van der Waals surface area contributed by atoms with Crippen molar-refractivity contribution >= 4 is 59.4 Å². The van der Waals surface area contributed by atoms with Gasteiger partial charge in [-0.1, -0.05) is 58.8 Å². The molecule has 0 saturated carbocycles. The highest BCUT2D eigenvalue weighted by molar-refractivity contribution is 5.91. The van der Waals surface area contributed by atoms with Crippen LogP contribution in [-0.4, -0.2) is 153 Å². The number of carbonyl (C=O) groups excluding carboxylic acids is 10. The lowest BCUT2D eigenvalue weighted by molar-refractivity contribution is -0.192. The first-order chi connectivity index (χ1) is 37.3. The van der Waals surface area contributed by atoms with Crippen molar-refractivity contribution in [2.75, 3.05) is 27.3 Å². The predicted octanol–water partition coefficient (Wildman–Crippen LogP) is 4.56. The van der Waals surface area contributed by atoms with Gasteiger partial charge >= 0.3 is 35.8 Å². The number of esters is 6. The molecule has 24 heteroatoms. The predicted molar refractivity (Wildman–Crippen MR) is 278 cm³/mol. The molecule has 2 saturated heterocycles. The van der Waals surface area contributed by atoms with E-state index in [0.29, 0.717) is 37.9 Å². The summed E-state index contributed by atoms with van der Waals surface area (Å²) in [6.07, 6.45) is -0.0394. The molecule has 2 aliphatic heterocycles. The normalized spacial score (nSPS) is 19.5. The number of rotatable bonds is 26. The van der Waals surface area contributed by atoms with Crippen molar-refractivity contribution in [2.24, 2.45) is 11.8 Å². The van der Waals surface area contributed by atoms with E-state index >= 15 is 0 Å². The van der Waals surface area contributed by atoms with Gasteiger partial charge in [-0.2, -0.15) is 0 Å². The number of halogens is 2. The molecule has 3 rings (SSSR count). The second-order valence-electron chi connectivity index (χ2n) is 19.2. The fourth-order valence-electron chi connectivity index (χ4n) is 8.32. The summed E-state index contributed by atoms with van der Waals surface area (Å²) in [6, 6.07) is 1.54. The molecule has 22 nitrogen and oxygen atoms in total. The Morgan fingerprint density at radius 1 is 0.595 bits per heavy atom. The quantitative estimate of drug-likeness (QED) is 0.0651. The van der Waals surface area contributed by atoms with Crippen LogP contribution in [0, 0.1) is 23.5 Å². The van der Waals surface area contributed by atoms with Crippen LogP contribution in [0.15, 0.2) is 42.5 Å². The highest BCUT2D eigenvalue weighted by Gasteiger charge is 2.47. The number of methoxy groups -OCH3 is 2. The van der Waals surface area contributed by atoms with Gasteiger partial charge < -0.3 is 58.7 Å². The summed E-state index contributed by atoms with van der Waals surface area (Å²) in [5, 5.41) is 8.00. The van der Waals surface area contributed by atoms with Crippen LogP contribution in [0.5, 0.6) is 0 Å². The molecule has 2 fully saturated rings. The standard InChI is InChI=1S/C31H42F2N2O9.C24H38N2O9/c1-7-18(2)11-14-26(42-19(3)36)27(43-20(4)37)28(44-21(5)38)29(41-6)30(39)34-25-10-8-9-15-35(31(25)40)17-22-12-13-23(32)24(33)16-22;1-7-14(2)11-12-19(33-15(3)27)20(34-16(4)28)21(35-17(5)29)22(32-6)24(31)26-18-10-8-9-13-25-23(18)30/h11-14,16,18,25-29H,7-10,15,17H2,1-6H3,(H,34,39);11-12,14,18-22H,7-10,13H2,1-6H3,(H,25,30)(H,26,31)/b14-11+;12-11+/t18?,25-,26+,27-,28+,29+;14?,18-,19+,20-,21+,22+/m00/s1. The van der Waals surface area contributed by atoms with Gasteiger partial charge in [0.05, 0.1) is 0 Å². The maximum absolute atomic E-state index is 13.8. The van der Waals surface area contributed by atoms with Crippen molar-refractivity contribution in [3.05, 3.63) is 59.7 Å². The summed E-state index contributed by atoms with van der Waals surface area (Å²) in [6.45, 7) is 15.4. The topological polar surface area (TPSA) is 284 Å². The van der Waals surface area contributed by atoms with Gasteiger partial charge in [0.25, 0.3) is 11.8 Å². The number of ether oxygens (including phenoxy) is 8. The lowest BCUT2D eigenvalue weighted by atomic mass is 9.98. The molecular weight excluding hydrogens is 1040 g/mol. The number of amides is 4. The number of carbonyl (C=O) groups is 10. The molecule has 3 N–H and O–H groups in total. The molecule has 2 aliphatic rings. The van der Waals surface area contributed by atoms with Crippen LogP contribution in [0.25, 0.3) is 0 Å². The minimum Gasteiger partial charge on any atom is -0.455 e. The molecule has 12 atom stereocenters. The Labute approximate surface area is 460 Å². The van der Waals surface area contributed by atoms with Crippen molar-refractivity contribution < 1.29 is 94.6 Å². The van der Waals surface area contributed by atoms with Gasteiger partial charge in [-0.15, -0.1) is 0 Å². The van der Waals surface area contributed by atoms with Crippen LogP contribution in [-0.2, 0) is 92.4 Å². The maximum Gasteiger partial charge on any atom is 0.303 e. The summed E-state index contributed by atoms with van der Waals surface area (Å²) < 4.78 is 70.6. The first-order valence-electron chi connectivity index (χ1n) is 26.3. The molecule has 0 bridgehead atoms. The molecule has 2 heterocycles. The zero-order chi connectivity index (χ0) is 59.5. The monoisotopic (exact) mass is 1120 g/mol. The summed E-state index contributed by atoms with van der Waals surface area (Å²) >= 11 is 0. The Kier molecular flexibility index (Phi) is 30.2. The highest BCUT2D eigenvalue weighted by atomic mass is 19.2. The Bertz CT molecular complexity index is 2300. The van der Waals surface area contributed by atoms with Gasteiger partial charge in [-0.05, 0) is 80.2 Å². The zero-order valence-electron chi connectivity index (χ0n) is 47.3. The summed E-state index contributed by atoms with van der Waals surface area (Å²) in [4.78, 5) is 126. The number of benzene rings is 1. The van der Waals surface area contributed by atoms with Gasteiger partial charge in [0.15, 0.2) is 60.5 Å². The maximum atomic E-state index is 13.8. The van der Waals surface area contributed by atoms with Crippen molar-refractivity contribution in [1.82, 2.24) is 20.9 Å². The number of hydrogen-bond donors (Lipinski definition) is 3. The van der Waals surface area contributed by atoms with Crippen LogP contribution in [0.4, 0.5) is 8.78 Å². The first kappa shape index (κ1) is 68.3. The summed E-state index contributed by atoms with van der Waals surface area (Å²) in [5.41, 5.74) is 0.375. The summed E-state index contributed by atoms with van der Waals surface area (Å²) in [7, 11) is 2.39. The van der Waals surface area contributed by atoms with Gasteiger partial charge in [0.2, 0.25) is 11.8 Å². The van der Waals surface area contributed by atoms with Crippen LogP contribution in [0.2, 0.25) is 0 Å². The van der Waals surface area contributed by atoms with Gasteiger partial charge in [0, 0.05) is 75.4 Å². The lowest BCUT2D eigenvalue weighted by Crippen LogP contribution is -2.58. The number of nitrogens with zero attached hydrogens (tertiary/aromatic N) is 1. The molecule has 79 heavy (non-hydrogen) atoms. The van der Waals surface area contributed by atoms with Crippen LogP contribution < -0.4 is 16.0 Å². The Morgan fingerprint density at radius 2 is 1.01 bits per heavy atom. The SMILES string of the molecule is CCC(C)/C=C/[C@@H](OC(C)=O)[C@H](OC(C)=O)[C@@H](OC(C)=O)[C@@H](OC)C(=O)N[C@H]1CCCCN(Cc2ccc(F)c(F)c2)C1=O.CCC(C)/C=C/[C@@H](OC(C)=O)[C@H](OC(C)=O)[C@@H](OC(C)=O)[C@@H](OC)C(=O)N[C@H]1CCCCNC1=O. The van der Waals surface area contributed by atoms with Crippen LogP contribution in [0.1, 0.15) is 126 Å². The number of allylic oxidation sites excluding steroid dienone is 2. The molecule has 1 aromatic rings. The molecule has 4 amide bonds. The molecule has 1 aromatic carbocycles. The van der Waals surface area contributed by atoms with Gasteiger partial charge in [0.1, 0.15) is 12.1 Å². The van der Waals surface area contributed by atoms with Crippen molar-refractivity contribution in [3.8, 4) is 0 Å². The average molecular weight is 1120 g/mol. The molecule has 0 aliphatic carbocycles. The van der Waals surface area contributed by atoms with Crippen LogP contribution in [0.3, 0.4) is 0 Å². The number of hydrogen-bond acceptors (Lipinski definition) is 18. The Balaban J connectivity index is 0.000000555. The smallest absolute Gasteiger partial charge is 0.303 e. The van der Waals surface area contributed by atoms with Crippen LogP contribution >= 0.6 is 0 Å². The van der Waals surface area contributed by atoms with Crippen molar-refractivity contribution in [2.45, 2.75) is 188 Å². The minimum atomic E-state index is -1.60. The minimum absolute atomic E-state index is 0.00666. The summed E-state index contributed by atoms with van der Waals surface area (Å²) in [5.74, 6) is -8.82. The third-order valence-electron chi connectivity index (χ3n) is 12.6. The fourth-order valence-corrected chi connectivity index (χ4v) is 8.32. The first-order valence-corrected chi connectivity index (χ1v) is 26.3. The largest absolute Gasteiger partial charge is 0.455 e. The van der Waals surface area contributed by atoms with E-state index in [1.54, 1.807) is 12.2 Å². The van der Waals surface area contributed by atoms with Crippen molar-refractivity contribution in [3.63, 3.8) is 0 Å². The second kappa shape index (κ2) is 34.9. The molecule has 0 aromatic heterocycles. The molecular formula is C55H80F2N4O18. The van der Waals surface area contributed by atoms with Gasteiger partial charge in [-0.3, -0.25) is 47.9 Å². The Morgan fingerprint density at radius 3 is 1.43 bits per heavy atom. The zero-order valence-corrected chi connectivity index (χ0v) is 47.3. The van der Waals surface area contributed by atoms with E-state index in [0.717, 1.165) is 72.4 Å². The third kappa shape index (κ3) is 24.0. The number of likely N-dealkylation sites (tertiary alicyclic amines) is 1. The molecule has 0 spiro atoms. The van der Waals surface area contributed by atoms with E-state index in [1.165, 1.54) is 44.3 Å². The molecule has 0 radical (unpaired) electrons. The van der Waals surface area contributed by atoms with E-state index in [2.05, 4.69) is 16.0 Å². The van der Waals surface area contributed by atoms with E-state index in [4.69, 9.17) is 37.9 Å².